The van der Waals surface area contributed by atoms with Gasteiger partial charge >= 0.3 is 5.97 Å². The maximum absolute atomic E-state index is 12.7. The smallest absolute Gasteiger partial charge is 0.308 e. The standard InChI is InChI=1S/C17H12N2O5/c20-15-9-12(10-5-1-4-8-14(10)19(22)23)17(24-15)11-6-2-3-7-13(11)18-16(17)21/h1-8,12H,9H2,(H,18,21)/t12-,17+/m0/s1. The molecule has 0 unspecified atom stereocenters. The van der Waals surface area contributed by atoms with Gasteiger partial charge in [-0.15, -0.1) is 0 Å². The van der Waals surface area contributed by atoms with E-state index in [-0.39, 0.29) is 12.1 Å². The zero-order valence-corrected chi connectivity index (χ0v) is 12.4. The molecule has 0 aromatic heterocycles. The molecule has 4 rings (SSSR count). The van der Waals surface area contributed by atoms with E-state index in [1.165, 1.54) is 6.07 Å². The highest BCUT2D eigenvalue weighted by Gasteiger charge is 2.61. The Morgan fingerprint density at radius 3 is 2.62 bits per heavy atom. The number of nitrogens with one attached hydrogen (secondary N) is 1. The van der Waals surface area contributed by atoms with Gasteiger partial charge in [-0.3, -0.25) is 19.7 Å². The number of esters is 1. The number of hydrogen-bond acceptors (Lipinski definition) is 5. The van der Waals surface area contributed by atoms with Crippen LogP contribution in [0.5, 0.6) is 0 Å². The van der Waals surface area contributed by atoms with Crippen molar-refractivity contribution in [2.45, 2.75) is 17.9 Å². The van der Waals surface area contributed by atoms with E-state index >= 15 is 0 Å². The van der Waals surface area contributed by atoms with Gasteiger partial charge in [0.2, 0.25) is 5.60 Å². The number of para-hydroxylation sites is 2. The van der Waals surface area contributed by atoms with Crippen molar-refractivity contribution in [3.8, 4) is 0 Å². The first kappa shape index (κ1) is 14.4. The molecule has 2 aromatic carbocycles. The number of ether oxygens (including phenoxy) is 1. The summed E-state index contributed by atoms with van der Waals surface area (Å²) in [5, 5.41) is 14.1. The van der Waals surface area contributed by atoms with Gasteiger partial charge in [0.25, 0.3) is 11.6 Å². The van der Waals surface area contributed by atoms with E-state index in [4.69, 9.17) is 4.74 Å². The van der Waals surface area contributed by atoms with Crippen molar-refractivity contribution in [1.82, 2.24) is 0 Å². The van der Waals surface area contributed by atoms with Crippen molar-refractivity contribution in [3.05, 3.63) is 69.8 Å². The van der Waals surface area contributed by atoms with E-state index in [1.54, 1.807) is 42.5 Å². The van der Waals surface area contributed by atoms with Crippen LogP contribution in [0, 0.1) is 10.1 Å². The second-order valence-electron chi connectivity index (χ2n) is 5.78. The minimum Gasteiger partial charge on any atom is -0.443 e. The number of fused-ring (bicyclic) bond motifs is 2. The average molecular weight is 324 g/mol. The Balaban J connectivity index is 1.95. The molecule has 0 bridgehead atoms. The van der Waals surface area contributed by atoms with Crippen molar-refractivity contribution < 1.29 is 19.2 Å². The summed E-state index contributed by atoms with van der Waals surface area (Å²) in [4.78, 5) is 35.6. The van der Waals surface area contributed by atoms with Crippen LogP contribution in [-0.2, 0) is 19.9 Å². The molecular formula is C17H12N2O5. The Hall–Kier alpha value is -3.22. The summed E-state index contributed by atoms with van der Waals surface area (Å²) >= 11 is 0. The molecule has 1 N–H and O–H groups in total. The lowest BCUT2D eigenvalue weighted by Gasteiger charge is -2.27. The predicted octanol–water partition coefficient (Wildman–Crippen LogP) is 2.47. The lowest BCUT2D eigenvalue weighted by atomic mass is 9.77. The van der Waals surface area contributed by atoms with Crippen LogP contribution >= 0.6 is 0 Å². The number of anilines is 1. The highest BCUT2D eigenvalue weighted by atomic mass is 16.6. The van der Waals surface area contributed by atoms with Crippen molar-refractivity contribution in [1.29, 1.82) is 0 Å². The van der Waals surface area contributed by atoms with Gasteiger partial charge in [0.05, 0.1) is 17.3 Å². The Morgan fingerprint density at radius 2 is 1.83 bits per heavy atom. The number of carbonyl (C=O) groups is 2. The van der Waals surface area contributed by atoms with E-state index in [0.717, 1.165) is 0 Å². The van der Waals surface area contributed by atoms with Crippen LogP contribution < -0.4 is 5.32 Å². The summed E-state index contributed by atoms with van der Waals surface area (Å²) < 4.78 is 5.48. The fourth-order valence-electron chi connectivity index (χ4n) is 3.58. The highest BCUT2D eigenvalue weighted by molar-refractivity contribution is 6.08. The van der Waals surface area contributed by atoms with Crippen molar-refractivity contribution in [2.24, 2.45) is 0 Å². The summed E-state index contributed by atoms with van der Waals surface area (Å²) in [5.41, 5.74) is -0.276. The quantitative estimate of drug-likeness (QED) is 0.520. The lowest BCUT2D eigenvalue weighted by Crippen LogP contribution is -2.39. The van der Waals surface area contributed by atoms with Gasteiger partial charge in [0, 0.05) is 22.9 Å². The number of nitrogens with zero attached hydrogens (tertiary/aromatic N) is 1. The third kappa shape index (κ3) is 1.78. The summed E-state index contributed by atoms with van der Waals surface area (Å²) in [5.74, 6) is -1.78. The Bertz CT molecular complexity index is 894. The van der Waals surface area contributed by atoms with Gasteiger partial charge in [0.1, 0.15) is 0 Å². The minimum atomic E-state index is -1.56. The number of nitro benzene ring substituents is 1. The normalized spacial score (nSPS) is 24.6. The fraction of sp³-hybridized carbons (Fsp3) is 0.176. The molecule has 2 aliphatic rings. The number of amides is 1. The SMILES string of the molecule is O=C1C[C@@H](c2ccccc2[N+](=O)[O-])[C@@]2(O1)C(=O)Nc1ccccc12. The monoisotopic (exact) mass is 324 g/mol. The summed E-state index contributed by atoms with van der Waals surface area (Å²) in [6.07, 6.45) is -0.0907. The molecule has 1 amide bonds. The molecule has 0 saturated carbocycles. The van der Waals surface area contributed by atoms with E-state index in [0.29, 0.717) is 16.8 Å². The van der Waals surface area contributed by atoms with Gasteiger partial charge in [-0.25, -0.2) is 0 Å². The molecule has 2 atom stereocenters. The van der Waals surface area contributed by atoms with Gasteiger partial charge in [-0.1, -0.05) is 36.4 Å². The van der Waals surface area contributed by atoms with E-state index in [9.17, 15) is 19.7 Å². The Kier molecular flexibility index (Phi) is 2.93. The zero-order valence-electron chi connectivity index (χ0n) is 12.4. The topological polar surface area (TPSA) is 98.5 Å². The van der Waals surface area contributed by atoms with E-state index in [2.05, 4.69) is 5.32 Å². The van der Waals surface area contributed by atoms with Crippen molar-refractivity contribution in [3.63, 3.8) is 0 Å². The molecule has 0 radical (unpaired) electrons. The molecule has 2 aliphatic heterocycles. The molecule has 7 heteroatoms. The molecule has 2 heterocycles. The second-order valence-corrected chi connectivity index (χ2v) is 5.78. The van der Waals surface area contributed by atoms with Crippen molar-refractivity contribution in [2.75, 3.05) is 5.32 Å². The van der Waals surface area contributed by atoms with Crippen LogP contribution in [0.15, 0.2) is 48.5 Å². The van der Waals surface area contributed by atoms with Crippen LogP contribution in [0.2, 0.25) is 0 Å². The zero-order chi connectivity index (χ0) is 16.9. The second kappa shape index (κ2) is 4.89. The fourth-order valence-corrected chi connectivity index (χ4v) is 3.58. The summed E-state index contributed by atoms with van der Waals surface area (Å²) in [6, 6.07) is 13.0. The largest absolute Gasteiger partial charge is 0.443 e. The summed E-state index contributed by atoms with van der Waals surface area (Å²) in [7, 11) is 0. The van der Waals surface area contributed by atoms with E-state index < -0.39 is 28.3 Å². The Labute approximate surface area is 136 Å². The van der Waals surface area contributed by atoms with Crippen LogP contribution in [0.1, 0.15) is 23.5 Å². The third-order valence-corrected chi connectivity index (χ3v) is 4.56. The maximum atomic E-state index is 12.7. The van der Waals surface area contributed by atoms with Crippen molar-refractivity contribution >= 4 is 23.3 Å². The molecule has 7 nitrogen and oxygen atoms in total. The number of hydrogen-bond donors (Lipinski definition) is 1. The predicted molar refractivity (Wildman–Crippen MR) is 83.3 cm³/mol. The van der Waals surface area contributed by atoms with Crippen LogP contribution in [0.25, 0.3) is 0 Å². The van der Waals surface area contributed by atoms with Gasteiger partial charge in [-0.05, 0) is 6.07 Å². The number of carbonyl (C=O) groups excluding carboxylic acids is 2. The molecule has 1 fully saturated rings. The Morgan fingerprint density at radius 1 is 1.12 bits per heavy atom. The maximum Gasteiger partial charge on any atom is 0.308 e. The first-order valence-corrected chi connectivity index (χ1v) is 7.40. The molecule has 1 spiro atoms. The average Bonchev–Trinajstić information content (AvgIpc) is 3.06. The first-order chi connectivity index (χ1) is 11.5. The highest BCUT2D eigenvalue weighted by Crippen LogP contribution is 2.54. The van der Waals surface area contributed by atoms with E-state index in [1.807, 2.05) is 0 Å². The first-order valence-electron chi connectivity index (χ1n) is 7.40. The van der Waals surface area contributed by atoms with Gasteiger partial charge in [0.15, 0.2) is 0 Å². The third-order valence-electron chi connectivity index (χ3n) is 4.56. The van der Waals surface area contributed by atoms with Gasteiger partial charge in [-0.2, -0.15) is 0 Å². The molecule has 24 heavy (non-hydrogen) atoms. The van der Waals surface area contributed by atoms with Gasteiger partial charge < -0.3 is 10.1 Å². The molecule has 120 valence electrons. The number of nitro groups is 1. The molecule has 0 aliphatic carbocycles. The van der Waals surface area contributed by atoms with Crippen LogP contribution in [-0.4, -0.2) is 16.8 Å². The number of benzene rings is 2. The minimum absolute atomic E-state index is 0.0907. The number of rotatable bonds is 2. The summed E-state index contributed by atoms with van der Waals surface area (Å²) in [6.45, 7) is 0. The molecule has 2 aromatic rings. The lowest BCUT2D eigenvalue weighted by molar-refractivity contribution is -0.385. The molecular weight excluding hydrogens is 312 g/mol. The van der Waals surface area contributed by atoms with Crippen LogP contribution in [0.3, 0.4) is 0 Å². The molecule has 1 saturated heterocycles. The van der Waals surface area contributed by atoms with Crippen LogP contribution in [0.4, 0.5) is 11.4 Å².